The predicted molar refractivity (Wildman–Crippen MR) is 83.6 cm³/mol. The Morgan fingerprint density at radius 3 is 3.14 bits per heavy atom. The Morgan fingerprint density at radius 2 is 2.32 bits per heavy atom. The maximum absolute atomic E-state index is 12.5. The van der Waals surface area contributed by atoms with Crippen LogP contribution in [0.4, 0.5) is 0 Å². The molecular weight excluding hydrogens is 278 g/mol. The molecule has 0 unspecified atom stereocenters. The van der Waals surface area contributed by atoms with Crippen LogP contribution in [-0.4, -0.2) is 46.6 Å². The monoisotopic (exact) mass is 299 g/mol. The lowest BCUT2D eigenvalue weighted by Crippen LogP contribution is -2.44. The molecule has 5 heteroatoms. The minimum Gasteiger partial charge on any atom is -0.368 e. The number of carbonyl (C=O) groups excluding carboxylic acids is 1. The summed E-state index contributed by atoms with van der Waals surface area (Å²) >= 11 is 0. The summed E-state index contributed by atoms with van der Waals surface area (Å²) in [6.45, 7) is 2.36. The first-order valence-corrected chi connectivity index (χ1v) is 8.15. The first-order chi connectivity index (χ1) is 10.8. The standard InChI is InChI=1S/C17H21N3O2/c21-17(15-6-3-9-22-15)20-8-2-5-13(11-20)14-10-12-4-1-7-18-16(12)19-14/h1,4,7,10,13,15H,2-3,5-6,8-9,11H2,(H,18,19)/t13-,15+/m1/s1. The number of amides is 1. The quantitative estimate of drug-likeness (QED) is 0.926. The van der Waals surface area contributed by atoms with E-state index >= 15 is 0 Å². The molecule has 0 radical (unpaired) electrons. The number of nitrogens with one attached hydrogen (secondary N) is 1. The zero-order valence-electron chi connectivity index (χ0n) is 12.6. The van der Waals surface area contributed by atoms with Crippen LogP contribution in [0.15, 0.2) is 24.4 Å². The fourth-order valence-electron chi connectivity index (χ4n) is 3.61. The Balaban J connectivity index is 1.51. The van der Waals surface area contributed by atoms with E-state index in [2.05, 4.69) is 22.1 Å². The average Bonchev–Trinajstić information content (AvgIpc) is 3.23. The van der Waals surface area contributed by atoms with E-state index in [1.165, 1.54) is 5.69 Å². The van der Waals surface area contributed by atoms with Crippen molar-refractivity contribution in [2.45, 2.75) is 37.7 Å². The molecule has 22 heavy (non-hydrogen) atoms. The third-order valence-electron chi connectivity index (χ3n) is 4.79. The van der Waals surface area contributed by atoms with Gasteiger partial charge in [-0.05, 0) is 43.9 Å². The maximum Gasteiger partial charge on any atom is 0.251 e. The van der Waals surface area contributed by atoms with Crippen molar-refractivity contribution >= 4 is 16.9 Å². The van der Waals surface area contributed by atoms with Gasteiger partial charge in [0, 0.05) is 42.9 Å². The van der Waals surface area contributed by atoms with Crippen LogP contribution in [0.3, 0.4) is 0 Å². The predicted octanol–water partition coefficient (Wildman–Crippen LogP) is 2.45. The van der Waals surface area contributed by atoms with Crippen LogP contribution >= 0.6 is 0 Å². The molecule has 1 amide bonds. The van der Waals surface area contributed by atoms with Crippen molar-refractivity contribution in [1.29, 1.82) is 0 Å². The van der Waals surface area contributed by atoms with Gasteiger partial charge in [-0.25, -0.2) is 4.98 Å². The Kier molecular flexibility index (Phi) is 3.58. The molecule has 2 aliphatic heterocycles. The fourth-order valence-corrected chi connectivity index (χ4v) is 3.61. The molecule has 2 aromatic rings. The van der Waals surface area contributed by atoms with Gasteiger partial charge in [-0.1, -0.05) is 0 Å². The molecule has 0 aliphatic carbocycles. The molecule has 0 aromatic carbocycles. The minimum absolute atomic E-state index is 0.177. The summed E-state index contributed by atoms with van der Waals surface area (Å²) in [5, 5.41) is 1.14. The highest BCUT2D eigenvalue weighted by molar-refractivity contribution is 5.81. The molecule has 0 saturated carbocycles. The second-order valence-corrected chi connectivity index (χ2v) is 6.29. The van der Waals surface area contributed by atoms with Gasteiger partial charge in [0.1, 0.15) is 11.8 Å². The summed E-state index contributed by atoms with van der Waals surface area (Å²) in [5.41, 5.74) is 2.12. The number of fused-ring (bicyclic) bond motifs is 1. The van der Waals surface area contributed by atoms with Crippen molar-refractivity contribution in [3.63, 3.8) is 0 Å². The zero-order valence-corrected chi connectivity index (χ0v) is 12.6. The number of carbonyl (C=O) groups is 1. The molecule has 4 heterocycles. The first-order valence-electron chi connectivity index (χ1n) is 8.15. The molecule has 116 valence electrons. The minimum atomic E-state index is -0.205. The average molecular weight is 299 g/mol. The van der Waals surface area contributed by atoms with E-state index < -0.39 is 0 Å². The molecule has 1 N–H and O–H groups in total. The van der Waals surface area contributed by atoms with Gasteiger partial charge in [-0.3, -0.25) is 4.79 Å². The number of piperidine rings is 1. The molecule has 2 fully saturated rings. The third kappa shape index (κ3) is 2.50. The number of nitrogens with zero attached hydrogens (tertiary/aromatic N) is 2. The van der Waals surface area contributed by atoms with Gasteiger partial charge in [0.25, 0.3) is 5.91 Å². The number of rotatable bonds is 2. The molecule has 2 atom stereocenters. The Labute approximate surface area is 129 Å². The van der Waals surface area contributed by atoms with Crippen LogP contribution in [0.25, 0.3) is 11.0 Å². The van der Waals surface area contributed by atoms with Crippen molar-refractivity contribution in [1.82, 2.24) is 14.9 Å². The van der Waals surface area contributed by atoms with Crippen molar-refractivity contribution < 1.29 is 9.53 Å². The largest absolute Gasteiger partial charge is 0.368 e. The van der Waals surface area contributed by atoms with Gasteiger partial charge in [0.05, 0.1) is 0 Å². The lowest BCUT2D eigenvalue weighted by Gasteiger charge is -2.33. The van der Waals surface area contributed by atoms with Crippen molar-refractivity contribution in [3.8, 4) is 0 Å². The highest BCUT2D eigenvalue weighted by Crippen LogP contribution is 2.29. The summed E-state index contributed by atoms with van der Waals surface area (Å²) in [7, 11) is 0. The number of pyridine rings is 1. The number of likely N-dealkylation sites (tertiary alicyclic amines) is 1. The summed E-state index contributed by atoms with van der Waals surface area (Å²) in [5.74, 6) is 0.546. The van der Waals surface area contributed by atoms with E-state index in [-0.39, 0.29) is 12.0 Å². The normalized spacial score (nSPS) is 25.7. The second kappa shape index (κ2) is 5.72. The number of aromatic nitrogens is 2. The lowest BCUT2D eigenvalue weighted by atomic mass is 9.94. The van der Waals surface area contributed by atoms with Gasteiger partial charge in [0.15, 0.2) is 0 Å². The Hall–Kier alpha value is -1.88. The highest BCUT2D eigenvalue weighted by Gasteiger charge is 2.32. The van der Waals surface area contributed by atoms with E-state index in [1.807, 2.05) is 11.0 Å². The summed E-state index contributed by atoms with van der Waals surface area (Å²) in [4.78, 5) is 22.3. The Morgan fingerprint density at radius 1 is 1.36 bits per heavy atom. The van der Waals surface area contributed by atoms with E-state index in [4.69, 9.17) is 4.74 Å². The topological polar surface area (TPSA) is 58.2 Å². The fraction of sp³-hybridized carbons (Fsp3) is 0.529. The van der Waals surface area contributed by atoms with Crippen molar-refractivity contribution in [2.24, 2.45) is 0 Å². The van der Waals surface area contributed by atoms with Crippen LogP contribution < -0.4 is 0 Å². The molecule has 4 rings (SSSR count). The van der Waals surface area contributed by atoms with Gasteiger partial charge in [0.2, 0.25) is 0 Å². The van der Waals surface area contributed by atoms with Crippen LogP contribution in [-0.2, 0) is 9.53 Å². The molecule has 2 aromatic heterocycles. The second-order valence-electron chi connectivity index (χ2n) is 6.29. The number of aromatic amines is 1. The van der Waals surface area contributed by atoms with E-state index in [0.717, 1.165) is 56.4 Å². The van der Waals surface area contributed by atoms with E-state index in [1.54, 1.807) is 6.20 Å². The SMILES string of the molecule is O=C([C@@H]1CCCO1)N1CCC[C@@H](c2cc3cccnc3[nH]2)C1. The van der Waals surface area contributed by atoms with Gasteiger partial charge >= 0.3 is 0 Å². The number of H-pyrrole nitrogens is 1. The smallest absolute Gasteiger partial charge is 0.251 e. The molecule has 5 nitrogen and oxygen atoms in total. The summed E-state index contributed by atoms with van der Waals surface area (Å²) < 4.78 is 5.55. The highest BCUT2D eigenvalue weighted by atomic mass is 16.5. The van der Waals surface area contributed by atoms with Crippen LogP contribution in [0.1, 0.15) is 37.3 Å². The molecule has 2 saturated heterocycles. The molecule has 0 spiro atoms. The maximum atomic E-state index is 12.5. The van der Waals surface area contributed by atoms with Gasteiger partial charge < -0.3 is 14.6 Å². The van der Waals surface area contributed by atoms with E-state index in [9.17, 15) is 4.79 Å². The van der Waals surface area contributed by atoms with Gasteiger partial charge in [-0.15, -0.1) is 0 Å². The number of hydrogen-bond donors (Lipinski definition) is 1. The van der Waals surface area contributed by atoms with Crippen LogP contribution in [0.5, 0.6) is 0 Å². The molecule has 0 bridgehead atoms. The van der Waals surface area contributed by atoms with E-state index in [0.29, 0.717) is 5.92 Å². The first kappa shape index (κ1) is 13.8. The van der Waals surface area contributed by atoms with Crippen molar-refractivity contribution in [3.05, 3.63) is 30.1 Å². The summed E-state index contributed by atoms with van der Waals surface area (Å²) in [6.07, 6.45) is 5.63. The van der Waals surface area contributed by atoms with Gasteiger partial charge in [-0.2, -0.15) is 0 Å². The zero-order chi connectivity index (χ0) is 14.9. The van der Waals surface area contributed by atoms with Crippen LogP contribution in [0, 0.1) is 0 Å². The lowest BCUT2D eigenvalue weighted by molar-refractivity contribution is -0.142. The number of ether oxygens (including phenoxy) is 1. The van der Waals surface area contributed by atoms with Crippen molar-refractivity contribution in [2.75, 3.05) is 19.7 Å². The Bertz CT molecular complexity index is 642. The summed E-state index contributed by atoms with van der Waals surface area (Å²) in [6, 6.07) is 6.20. The van der Waals surface area contributed by atoms with Crippen LogP contribution in [0.2, 0.25) is 0 Å². The molecular formula is C17H21N3O2. The number of hydrogen-bond acceptors (Lipinski definition) is 3. The third-order valence-corrected chi connectivity index (χ3v) is 4.79. The molecule has 2 aliphatic rings.